The molecule has 0 N–H and O–H groups in total. The first-order valence-corrected chi connectivity index (χ1v) is 5.20. The summed E-state index contributed by atoms with van der Waals surface area (Å²) in [4.78, 5) is 18.6. The predicted octanol–water partition coefficient (Wildman–Crippen LogP) is 1.89. The van der Waals surface area contributed by atoms with Gasteiger partial charge in [-0.2, -0.15) is 4.98 Å². The highest BCUT2D eigenvalue weighted by Crippen LogP contribution is 2.39. The minimum atomic E-state index is -0.00170. The van der Waals surface area contributed by atoms with Crippen LogP contribution in [0.25, 0.3) is 0 Å². The topological polar surface area (TPSA) is 52.1 Å². The predicted molar refractivity (Wildman–Crippen MR) is 55.3 cm³/mol. The highest BCUT2D eigenvalue weighted by atomic mass is 35.5. The number of rotatable bonds is 4. The molecule has 5 heteroatoms. The van der Waals surface area contributed by atoms with E-state index in [-0.39, 0.29) is 6.61 Å². The third-order valence-corrected chi connectivity index (χ3v) is 2.66. The second kappa shape index (κ2) is 4.14. The lowest BCUT2D eigenvalue weighted by Crippen LogP contribution is -2.05. The van der Waals surface area contributed by atoms with Crippen molar-refractivity contribution >= 4 is 17.9 Å². The maximum atomic E-state index is 10.2. The Labute approximate surface area is 92.6 Å². The van der Waals surface area contributed by atoms with Crippen molar-refractivity contribution in [2.24, 2.45) is 0 Å². The summed E-state index contributed by atoms with van der Waals surface area (Å²) in [6.45, 7) is 1.78. The third kappa shape index (κ3) is 2.26. The lowest BCUT2D eigenvalue weighted by atomic mass is 10.3. The SMILES string of the molecule is Cc1c(Cl)nc(C2CC2)nc1OCC=O. The van der Waals surface area contributed by atoms with E-state index in [0.717, 1.165) is 18.7 Å². The Morgan fingerprint density at radius 2 is 2.27 bits per heavy atom. The first-order chi connectivity index (χ1) is 7.22. The molecule has 1 aromatic heterocycles. The van der Waals surface area contributed by atoms with Crippen LogP contribution in [0, 0.1) is 6.92 Å². The Morgan fingerprint density at radius 1 is 1.53 bits per heavy atom. The van der Waals surface area contributed by atoms with Crippen LogP contribution in [0.5, 0.6) is 5.88 Å². The number of carbonyl (C=O) groups is 1. The Morgan fingerprint density at radius 3 is 2.87 bits per heavy atom. The van der Waals surface area contributed by atoms with E-state index < -0.39 is 0 Å². The van der Waals surface area contributed by atoms with Crippen LogP contribution < -0.4 is 4.74 Å². The van der Waals surface area contributed by atoms with Gasteiger partial charge >= 0.3 is 0 Å². The van der Waals surface area contributed by atoms with E-state index in [1.54, 1.807) is 6.92 Å². The molecule has 1 heterocycles. The molecule has 15 heavy (non-hydrogen) atoms. The fraction of sp³-hybridized carbons (Fsp3) is 0.500. The first kappa shape index (κ1) is 10.4. The number of ether oxygens (including phenoxy) is 1. The van der Waals surface area contributed by atoms with Crippen molar-refractivity contribution in [3.63, 3.8) is 0 Å². The number of nitrogens with zero attached hydrogens (tertiary/aromatic N) is 2. The van der Waals surface area contributed by atoms with Gasteiger partial charge in [0, 0.05) is 11.5 Å². The largest absolute Gasteiger partial charge is 0.470 e. The molecule has 80 valence electrons. The van der Waals surface area contributed by atoms with Crippen molar-refractivity contribution in [2.75, 3.05) is 6.61 Å². The Balaban J connectivity index is 2.28. The minimum Gasteiger partial charge on any atom is -0.470 e. The van der Waals surface area contributed by atoms with E-state index in [1.807, 2.05) is 0 Å². The Hall–Kier alpha value is -1.16. The van der Waals surface area contributed by atoms with Gasteiger partial charge in [-0.15, -0.1) is 0 Å². The summed E-state index contributed by atoms with van der Waals surface area (Å²) in [7, 11) is 0. The van der Waals surface area contributed by atoms with Gasteiger partial charge in [-0.25, -0.2) is 4.98 Å². The maximum Gasteiger partial charge on any atom is 0.221 e. The van der Waals surface area contributed by atoms with Crippen LogP contribution in [-0.4, -0.2) is 22.9 Å². The number of hydrogen-bond donors (Lipinski definition) is 0. The molecule has 0 radical (unpaired) electrons. The van der Waals surface area contributed by atoms with E-state index in [1.165, 1.54) is 0 Å². The van der Waals surface area contributed by atoms with Crippen LogP contribution in [0.2, 0.25) is 5.15 Å². The summed E-state index contributed by atoms with van der Waals surface area (Å²) in [5.74, 6) is 1.57. The van der Waals surface area contributed by atoms with Gasteiger partial charge in [0.25, 0.3) is 0 Å². The van der Waals surface area contributed by atoms with Crippen LogP contribution in [0.4, 0.5) is 0 Å². The van der Waals surface area contributed by atoms with Crippen LogP contribution in [-0.2, 0) is 4.79 Å². The highest BCUT2D eigenvalue weighted by molar-refractivity contribution is 6.30. The number of halogens is 1. The normalized spacial score (nSPS) is 15.1. The fourth-order valence-electron chi connectivity index (χ4n) is 1.26. The number of hydrogen-bond acceptors (Lipinski definition) is 4. The monoisotopic (exact) mass is 226 g/mol. The van der Waals surface area contributed by atoms with Gasteiger partial charge in [0.1, 0.15) is 17.6 Å². The van der Waals surface area contributed by atoms with Crippen molar-refractivity contribution in [2.45, 2.75) is 25.7 Å². The van der Waals surface area contributed by atoms with Crippen LogP contribution in [0.15, 0.2) is 0 Å². The second-order valence-electron chi connectivity index (χ2n) is 3.55. The van der Waals surface area contributed by atoms with Crippen molar-refractivity contribution in [1.29, 1.82) is 0 Å². The van der Waals surface area contributed by atoms with E-state index in [2.05, 4.69) is 9.97 Å². The summed E-state index contributed by atoms with van der Waals surface area (Å²) in [5, 5.41) is 0.410. The molecule has 0 unspecified atom stereocenters. The number of carbonyl (C=O) groups excluding carboxylic acids is 1. The van der Waals surface area contributed by atoms with Gasteiger partial charge in [0.15, 0.2) is 6.29 Å². The summed E-state index contributed by atoms with van der Waals surface area (Å²) in [6.07, 6.45) is 2.89. The van der Waals surface area contributed by atoms with Gasteiger partial charge < -0.3 is 4.74 Å². The molecule has 0 spiro atoms. The molecule has 0 aliphatic heterocycles. The minimum absolute atomic E-state index is 0.00170. The van der Waals surface area contributed by atoms with E-state index in [4.69, 9.17) is 16.3 Å². The van der Waals surface area contributed by atoms with Gasteiger partial charge in [0.2, 0.25) is 5.88 Å². The van der Waals surface area contributed by atoms with Crippen molar-refractivity contribution in [3.8, 4) is 5.88 Å². The van der Waals surface area contributed by atoms with E-state index >= 15 is 0 Å². The maximum absolute atomic E-state index is 10.2. The zero-order valence-corrected chi connectivity index (χ0v) is 9.12. The molecule has 1 saturated carbocycles. The highest BCUT2D eigenvalue weighted by Gasteiger charge is 2.28. The van der Waals surface area contributed by atoms with Gasteiger partial charge in [-0.3, -0.25) is 4.79 Å². The average molecular weight is 227 g/mol. The standard InChI is InChI=1S/C10H11ClN2O2/c1-6-8(11)12-9(7-2-3-7)13-10(6)15-5-4-14/h4,7H,2-3,5H2,1H3. The lowest BCUT2D eigenvalue weighted by molar-refractivity contribution is -0.109. The lowest BCUT2D eigenvalue weighted by Gasteiger charge is -2.08. The molecule has 4 nitrogen and oxygen atoms in total. The number of aldehydes is 1. The van der Waals surface area contributed by atoms with E-state index in [9.17, 15) is 4.79 Å². The van der Waals surface area contributed by atoms with Gasteiger partial charge in [0.05, 0.1) is 0 Å². The zero-order chi connectivity index (χ0) is 10.8. The quantitative estimate of drug-likeness (QED) is 0.581. The molecule has 2 rings (SSSR count). The van der Waals surface area contributed by atoms with Crippen LogP contribution >= 0.6 is 11.6 Å². The number of aromatic nitrogens is 2. The molecule has 0 atom stereocenters. The summed E-state index contributed by atoms with van der Waals surface area (Å²) < 4.78 is 5.18. The van der Waals surface area contributed by atoms with Gasteiger partial charge in [-0.05, 0) is 19.8 Å². The van der Waals surface area contributed by atoms with Crippen molar-refractivity contribution in [3.05, 3.63) is 16.5 Å². The van der Waals surface area contributed by atoms with Crippen molar-refractivity contribution < 1.29 is 9.53 Å². The average Bonchev–Trinajstić information content (AvgIpc) is 3.03. The molecule has 0 bridgehead atoms. The molecule has 1 aromatic rings. The second-order valence-corrected chi connectivity index (χ2v) is 3.91. The molecular formula is C10H11ClN2O2. The molecule has 0 saturated heterocycles. The van der Waals surface area contributed by atoms with Crippen LogP contribution in [0.3, 0.4) is 0 Å². The molecule has 1 fully saturated rings. The van der Waals surface area contributed by atoms with Crippen molar-refractivity contribution in [1.82, 2.24) is 9.97 Å². The first-order valence-electron chi connectivity index (χ1n) is 4.83. The Bertz CT molecular complexity index is 391. The molecule has 1 aliphatic carbocycles. The molecule has 1 aliphatic rings. The summed E-state index contributed by atoms with van der Waals surface area (Å²) >= 11 is 5.95. The summed E-state index contributed by atoms with van der Waals surface area (Å²) in [6, 6.07) is 0. The molecule has 0 aromatic carbocycles. The summed E-state index contributed by atoms with van der Waals surface area (Å²) in [5.41, 5.74) is 0.683. The van der Waals surface area contributed by atoms with E-state index in [0.29, 0.717) is 28.8 Å². The fourth-order valence-corrected chi connectivity index (χ4v) is 1.43. The molecule has 0 amide bonds. The Kier molecular flexibility index (Phi) is 2.86. The van der Waals surface area contributed by atoms with Gasteiger partial charge in [-0.1, -0.05) is 11.6 Å². The van der Waals surface area contributed by atoms with Crippen LogP contribution in [0.1, 0.15) is 30.1 Å². The zero-order valence-electron chi connectivity index (χ0n) is 8.36. The molecular weight excluding hydrogens is 216 g/mol. The smallest absolute Gasteiger partial charge is 0.221 e. The third-order valence-electron chi connectivity index (χ3n) is 2.29.